The highest BCUT2D eigenvalue weighted by atomic mass is 16.5. The van der Waals surface area contributed by atoms with E-state index in [0.29, 0.717) is 13.2 Å². The molecule has 4 rings (SSSR count). The summed E-state index contributed by atoms with van der Waals surface area (Å²) < 4.78 is 17.3. The summed E-state index contributed by atoms with van der Waals surface area (Å²) in [5.41, 5.74) is 5.25. The number of pyridine rings is 1. The van der Waals surface area contributed by atoms with E-state index in [9.17, 15) is 0 Å². The third kappa shape index (κ3) is 5.50. The Morgan fingerprint density at radius 1 is 1.23 bits per heavy atom. The van der Waals surface area contributed by atoms with E-state index in [1.54, 1.807) is 13.3 Å². The van der Waals surface area contributed by atoms with E-state index in [0.717, 1.165) is 47.9 Å². The van der Waals surface area contributed by atoms with Crippen molar-refractivity contribution in [1.29, 1.82) is 0 Å². The van der Waals surface area contributed by atoms with Gasteiger partial charge in [0.05, 0.1) is 30.7 Å². The summed E-state index contributed by atoms with van der Waals surface area (Å²) >= 11 is 0. The molecule has 1 aliphatic rings. The van der Waals surface area contributed by atoms with Crippen molar-refractivity contribution in [2.75, 3.05) is 26.8 Å². The van der Waals surface area contributed by atoms with E-state index in [-0.39, 0.29) is 12.2 Å². The van der Waals surface area contributed by atoms with Gasteiger partial charge in [-0.3, -0.25) is 15.0 Å². The number of aromatic amines is 1. The van der Waals surface area contributed by atoms with Crippen LogP contribution in [0.4, 0.5) is 0 Å². The lowest BCUT2D eigenvalue weighted by molar-refractivity contribution is -0.0350. The lowest BCUT2D eigenvalue weighted by Gasteiger charge is -2.32. The quantitative estimate of drug-likeness (QED) is 0.592. The number of methoxy groups -OCH3 is 1. The van der Waals surface area contributed by atoms with Gasteiger partial charge < -0.3 is 14.2 Å². The highest BCUT2D eigenvalue weighted by Crippen LogP contribution is 2.26. The SMILES string of the molecule is COCc1cc(CN2CCOC(c3ccc(-c4ccn[nH]4)cn3)C2)ccc1OC(C)C. The van der Waals surface area contributed by atoms with Crippen LogP contribution in [-0.2, 0) is 22.6 Å². The molecule has 3 heterocycles. The Bertz CT molecular complexity index is 957. The summed E-state index contributed by atoms with van der Waals surface area (Å²) in [4.78, 5) is 7.06. The predicted octanol–water partition coefficient (Wildman–Crippen LogP) is 3.98. The number of aromatic nitrogens is 3. The van der Waals surface area contributed by atoms with E-state index in [1.165, 1.54) is 5.56 Å². The lowest BCUT2D eigenvalue weighted by Crippen LogP contribution is -2.38. The van der Waals surface area contributed by atoms with Gasteiger partial charge in [-0.05, 0) is 49.7 Å². The second kappa shape index (κ2) is 10.0. The summed E-state index contributed by atoms with van der Waals surface area (Å²) in [5, 5.41) is 6.97. The van der Waals surface area contributed by atoms with Crippen LogP contribution in [0, 0.1) is 0 Å². The first kappa shape index (κ1) is 21.5. The van der Waals surface area contributed by atoms with Crippen LogP contribution in [0.5, 0.6) is 5.75 Å². The van der Waals surface area contributed by atoms with Crippen molar-refractivity contribution in [3.8, 4) is 17.0 Å². The normalized spacial score (nSPS) is 17.2. The summed E-state index contributed by atoms with van der Waals surface area (Å²) in [7, 11) is 1.71. The van der Waals surface area contributed by atoms with Crippen molar-refractivity contribution in [3.05, 3.63) is 65.6 Å². The molecule has 1 aliphatic heterocycles. The fraction of sp³-hybridized carbons (Fsp3) is 0.417. The first-order chi connectivity index (χ1) is 15.1. The number of rotatable bonds is 8. The number of hydrogen-bond acceptors (Lipinski definition) is 6. The molecule has 31 heavy (non-hydrogen) atoms. The number of hydrogen-bond donors (Lipinski definition) is 1. The molecule has 164 valence electrons. The van der Waals surface area contributed by atoms with Gasteiger partial charge in [0.15, 0.2) is 0 Å². The molecule has 1 unspecified atom stereocenters. The summed E-state index contributed by atoms with van der Waals surface area (Å²) in [5.74, 6) is 0.891. The van der Waals surface area contributed by atoms with Crippen molar-refractivity contribution in [1.82, 2.24) is 20.1 Å². The lowest BCUT2D eigenvalue weighted by atomic mass is 10.1. The Kier molecular flexibility index (Phi) is 6.96. The third-order valence-electron chi connectivity index (χ3n) is 5.27. The maximum absolute atomic E-state index is 6.02. The summed E-state index contributed by atoms with van der Waals surface area (Å²) in [6, 6.07) is 12.4. The van der Waals surface area contributed by atoms with Gasteiger partial charge in [0.25, 0.3) is 0 Å². The van der Waals surface area contributed by atoms with E-state index in [1.807, 2.05) is 32.2 Å². The molecule has 0 aliphatic carbocycles. The van der Waals surface area contributed by atoms with Crippen LogP contribution in [-0.4, -0.2) is 53.0 Å². The van der Waals surface area contributed by atoms with Crippen LogP contribution in [0.3, 0.4) is 0 Å². The Labute approximate surface area is 183 Å². The molecule has 7 nitrogen and oxygen atoms in total. The average Bonchev–Trinajstić information content (AvgIpc) is 3.31. The zero-order valence-electron chi connectivity index (χ0n) is 18.4. The molecule has 1 atom stereocenters. The van der Waals surface area contributed by atoms with Gasteiger partial charge >= 0.3 is 0 Å². The third-order valence-corrected chi connectivity index (χ3v) is 5.27. The van der Waals surface area contributed by atoms with Crippen LogP contribution in [0.1, 0.15) is 36.8 Å². The summed E-state index contributed by atoms with van der Waals surface area (Å²) in [6.45, 7) is 7.85. The molecule has 0 spiro atoms. The molecule has 0 bridgehead atoms. The Hall–Kier alpha value is -2.74. The Morgan fingerprint density at radius 2 is 2.13 bits per heavy atom. The number of benzene rings is 1. The van der Waals surface area contributed by atoms with Gasteiger partial charge in [-0.15, -0.1) is 0 Å². The zero-order chi connectivity index (χ0) is 21.6. The van der Waals surface area contributed by atoms with E-state index in [2.05, 4.69) is 44.3 Å². The smallest absolute Gasteiger partial charge is 0.125 e. The Morgan fingerprint density at radius 3 is 2.84 bits per heavy atom. The zero-order valence-corrected chi connectivity index (χ0v) is 18.4. The van der Waals surface area contributed by atoms with Crippen molar-refractivity contribution in [2.45, 2.75) is 39.2 Å². The number of nitrogens with zero attached hydrogens (tertiary/aromatic N) is 3. The molecule has 7 heteroatoms. The highest BCUT2D eigenvalue weighted by molar-refractivity contribution is 5.57. The Balaban J connectivity index is 1.42. The summed E-state index contributed by atoms with van der Waals surface area (Å²) in [6.07, 6.45) is 3.71. The molecular weight excluding hydrogens is 392 g/mol. The fourth-order valence-corrected chi connectivity index (χ4v) is 3.82. The number of nitrogens with one attached hydrogen (secondary N) is 1. The molecule has 1 fully saturated rings. The van der Waals surface area contributed by atoms with Gasteiger partial charge in [0.1, 0.15) is 11.9 Å². The second-order valence-electron chi connectivity index (χ2n) is 8.08. The van der Waals surface area contributed by atoms with Crippen molar-refractivity contribution >= 4 is 0 Å². The minimum atomic E-state index is -0.0356. The molecule has 1 aromatic carbocycles. The molecule has 0 amide bonds. The fourth-order valence-electron chi connectivity index (χ4n) is 3.82. The topological polar surface area (TPSA) is 72.5 Å². The largest absolute Gasteiger partial charge is 0.491 e. The molecule has 3 aromatic rings. The van der Waals surface area contributed by atoms with Gasteiger partial charge in [-0.1, -0.05) is 6.07 Å². The van der Waals surface area contributed by atoms with Gasteiger partial charge in [-0.2, -0.15) is 5.10 Å². The van der Waals surface area contributed by atoms with Crippen molar-refractivity contribution in [3.63, 3.8) is 0 Å². The van der Waals surface area contributed by atoms with Gasteiger partial charge in [0.2, 0.25) is 0 Å². The van der Waals surface area contributed by atoms with Crippen molar-refractivity contribution < 1.29 is 14.2 Å². The monoisotopic (exact) mass is 422 g/mol. The van der Waals surface area contributed by atoms with Crippen LogP contribution >= 0.6 is 0 Å². The minimum Gasteiger partial charge on any atom is -0.491 e. The van der Waals surface area contributed by atoms with Crippen LogP contribution in [0.2, 0.25) is 0 Å². The minimum absolute atomic E-state index is 0.0356. The maximum Gasteiger partial charge on any atom is 0.125 e. The molecule has 1 N–H and O–H groups in total. The highest BCUT2D eigenvalue weighted by Gasteiger charge is 2.23. The molecule has 0 saturated carbocycles. The number of morpholine rings is 1. The van der Waals surface area contributed by atoms with Crippen LogP contribution in [0.25, 0.3) is 11.3 Å². The van der Waals surface area contributed by atoms with Crippen LogP contribution in [0.15, 0.2) is 48.8 Å². The number of H-pyrrole nitrogens is 1. The first-order valence-corrected chi connectivity index (χ1v) is 10.7. The van der Waals surface area contributed by atoms with E-state index in [4.69, 9.17) is 14.2 Å². The first-order valence-electron chi connectivity index (χ1n) is 10.7. The van der Waals surface area contributed by atoms with E-state index < -0.39 is 0 Å². The molecular formula is C24H30N4O3. The molecule has 1 saturated heterocycles. The van der Waals surface area contributed by atoms with Gasteiger partial charge in [-0.25, -0.2) is 0 Å². The van der Waals surface area contributed by atoms with E-state index >= 15 is 0 Å². The average molecular weight is 423 g/mol. The van der Waals surface area contributed by atoms with Gasteiger partial charge in [0, 0.05) is 50.3 Å². The van der Waals surface area contributed by atoms with Crippen molar-refractivity contribution in [2.24, 2.45) is 0 Å². The van der Waals surface area contributed by atoms with Crippen LogP contribution < -0.4 is 4.74 Å². The predicted molar refractivity (Wildman–Crippen MR) is 119 cm³/mol. The molecule has 0 radical (unpaired) electrons. The second-order valence-corrected chi connectivity index (χ2v) is 8.08. The molecule has 2 aromatic heterocycles. The standard InChI is InChI=1S/C24H30N4O3/c1-17(2)31-23-7-4-18(12-20(23)16-29-3)14-28-10-11-30-24(15-28)22-6-5-19(13-25-22)21-8-9-26-27-21/h4-9,12-13,17,24H,10-11,14-16H2,1-3H3,(H,26,27). The number of ether oxygens (including phenoxy) is 3. The maximum atomic E-state index is 6.02.